The van der Waals surface area contributed by atoms with Crippen LogP contribution in [0.25, 0.3) is 5.69 Å². The van der Waals surface area contributed by atoms with Crippen LogP contribution in [0, 0.1) is 6.92 Å². The highest BCUT2D eigenvalue weighted by molar-refractivity contribution is 6.11. The number of para-hydroxylation sites is 1. The molecule has 0 bridgehead atoms. The number of hydrogen-bond acceptors (Lipinski definition) is 4. The summed E-state index contributed by atoms with van der Waals surface area (Å²) in [6, 6.07) is 12.0. The number of amides is 1. The van der Waals surface area contributed by atoms with Gasteiger partial charge in [-0.1, -0.05) is 18.2 Å². The number of carboxylic acid groups (broad SMARTS) is 2. The number of rotatable bonds is 5. The van der Waals surface area contributed by atoms with Crippen LogP contribution >= 0.6 is 0 Å². The second kappa shape index (κ2) is 7.47. The first kappa shape index (κ1) is 19.6. The number of carboxylic acids is 2. The van der Waals surface area contributed by atoms with Crippen molar-refractivity contribution in [3.63, 3.8) is 0 Å². The van der Waals surface area contributed by atoms with Crippen LogP contribution in [0.3, 0.4) is 0 Å². The van der Waals surface area contributed by atoms with E-state index in [0.717, 1.165) is 18.2 Å². The first-order valence-corrected chi connectivity index (χ1v) is 8.48. The van der Waals surface area contributed by atoms with Gasteiger partial charge < -0.3 is 15.5 Å². The Morgan fingerprint density at radius 2 is 1.59 bits per heavy atom. The molecule has 0 saturated heterocycles. The molecular weight excluding hydrogens is 378 g/mol. The molecule has 0 atom stereocenters. The smallest absolute Gasteiger partial charge is 0.336 e. The summed E-state index contributed by atoms with van der Waals surface area (Å²) in [4.78, 5) is 48.1. The summed E-state index contributed by atoms with van der Waals surface area (Å²) in [5.41, 5.74) is -0.410. The fraction of sp³-hybridized carbons (Fsp3) is 0.100. The van der Waals surface area contributed by atoms with E-state index in [2.05, 4.69) is 5.32 Å². The molecule has 3 N–H and O–H groups in total. The molecular formula is C20H17N3O6. The van der Waals surface area contributed by atoms with E-state index >= 15 is 0 Å². The second-order valence-electron chi connectivity index (χ2n) is 6.26. The minimum atomic E-state index is -1.45. The maximum absolute atomic E-state index is 12.9. The minimum absolute atomic E-state index is 0.00000273. The molecule has 1 heterocycles. The zero-order chi connectivity index (χ0) is 21.3. The zero-order valence-electron chi connectivity index (χ0n) is 15.5. The van der Waals surface area contributed by atoms with Crippen molar-refractivity contribution in [2.24, 2.45) is 7.05 Å². The number of aromatic carboxylic acids is 2. The van der Waals surface area contributed by atoms with Crippen LogP contribution in [0.1, 0.15) is 36.8 Å². The Morgan fingerprint density at radius 1 is 0.931 bits per heavy atom. The fourth-order valence-corrected chi connectivity index (χ4v) is 2.95. The van der Waals surface area contributed by atoms with Crippen molar-refractivity contribution in [3.8, 4) is 5.69 Å². The van der Waals surface area contributed by atoms with E-state index in [4.69, 9.17) is 5.11 Å². The van der Waals surface area contributed by atoms with E-state index in [1.807, 2.05) is 0 Å². The first-order chi connectivity index (χ1) is 13.7. The Morgan fingerprint density at radius 3 is 2.17 bits per heavy atom. The number of benzene rings is 2. The van der Waals surface area contributed by atoms with E-state index < -0.39 is 29.0 Å². The molecule has 0 aliphatic heterocycles. The molecule has 3 aromatic rings. The average Bonchev–Trinajstić information content (AvgIpc) is 2.91. The number of hydrogen-bond donors (Lipinski definition) is 3. The van der Waals surface area contributed by atoms with Crippen LogP contribution in [0.4, 0.5) is 5.69 Å². The SMILES string of the molecule is Cc1c(NC(=O)c2ccc(C(=O)O)cc2C(=O)O)c(=O)n(-c2ccccc2)n1C. The lowest BCUT2D eigenvalue weighted by atomic mass is 10.0. The van der Waals surface area contributed by atoms with Crippen molar-refractivity contribution < 1.29 is 24.6 Å². The predicted molar refractivity (Wildman–Crippen MR) is 104 cm³/mol. The van der Waals surface area contributed by atoms with Crippen molar-refractivity contribution >= 4 is 23.5 Å². The van der Waals surface area contributed by atoms with Gasteiger partial charge in [0, 0.05) is 7.05 Å². The average molecular weight is 395 g/mol. The molecule has 2 aromatic carbocycles. The van der Waals surface area contributed by atoms with Gasteiger partial charge in [0.2, 0.25) is 0 Å². The topological polar surface area (TPSA) is 131 Å². The number of nitrogens with zero attached hydrogens (tertiary/aromatic N) is 2. The van der Waals surface area contributed by atoms with Crippen molar-refractivity contribution in [1.29, 1.82) is 0 Å². The molecule has 148 valence electrons. The standard InChI is InChI=1S/C20H17N3O6/c1-11-16(18(25)23(22(11)2)13-6-4-3-5-7-13)21-17(24)14-9-8-12(19(26)27)10-15(14)20(28)29/h3-10H,1-2H3,(H,21,24)(H,26,27)(H,28,29). The molecule has 9 nitrogen and oxygen atoms in total. The quantitative estimate of drug-likeness (QED) is 0.607. The molecule has 0 aliphatic rings. The summed E-state index contributed by atoms with van der Waals surface area (Å²) in [7, 11) is 1.66. The summed E-state index contributed by atoms with van der Waals surface area (Å²) in [6.07, 6.45) is 0. The van der Waals surface area contributed by atoms with Gasteiger partial charge in [-0.25, -0.2) is 14.3 Å². The number of carbonyl (C=O) groups excluding carboxylic acids is 1. The van der Waals surface area contributed by atoms with Crippen LogP contribution in [-0.4, -0.2) is 37.4 Å². The number of nitrogens with one attached hydrogen (secondary N) is 1. The largest absolute Gasteiger partial charge is 0.478 e. The normalized spacial score (nSPS) is 10.6. The molecule has 0 aliphatic carbocycles. The Bertz CT molecular complexity index is 1190. The summed E-state index contributed by atoms with van der Waals surface area (Å²) in [6.45, 7) is 1.64. The van der Waals surface area contributed by atoms with Crippen LogP contribution < -0.4 is 10.9 Å². The van der Waals surface area contributed by atoms with Crippen LogP contribution in [0.2, 0.25) is 0 Å². The molecule has 3 rings (SSSR count). The lowest BCUT2D eigenvalue weighted by molar-refractivity contribution is 0.0692. The van der Waals surface area contributed by atoms with Gasteiger partial charge in [-0.15, -0.1) is 0 Å². The van der Waals surface area contributed by atoms with E-state index in [1.165, 1.54) is 4.68 Å². The number of aromatic nitrogens is 2. The predicted octanol–water partition coefficient (Wildman–Crippen LogP) is 2.13. The molecule has 29 heavy (non-hydrogen) atoms. The summed E-state index contributed by atoms with van der Waals surface area (Å²) >= 11 is 0. The third-order valence-corrected chi connectivity index (χ3v) is 4.53. The van der Waals surface area contributed by atoms with Crippen LogP contribution in [0.15, 0.2) is 53.3 Å². The molecule has 9 heteroatoms. The van der Waals surface area contributed by atoms with E-state index in [9.17, 15) is 24.3 Å². The van der Waals surface area contributed by atoms with Gasteiger partial charge in [-0.05, 0) is 37.3 Å². The van der Waals surface area contributed by atoms with Gasteiger partial charge in [-0.3, -0.25) is 14.3 Å². The van der Waals surface area contributed by atoms with E-state index in [0.29, 0.717) is 11.4 Å². The lowest BCUT2D eigenvalue weighted by Gasteiger charge is -2.08. The van der Waals surface area contributed by atoms with E-state index in [1.54, 1.807) is 49.0 Å². The number of anilines is 1. The van der Waals surface area contributed by atoms with Crippen LogP contribution in [-0.2, 0) is 7.05 Å². The third-order valence-electron chi connectivity index (χ3n) is 4.53. The Labute approximate surface area is 164 Å². The van der Waals surface area contributed by atoms with Gasteiger partial charge in [-0.2, -0.15) is 0 Å². The summed E-state index contributed by atoms with van der Waals surface area (Å²) in [5, 5.41) is 20.8. The first-order valence-electron chi connectivity index (χ1n) is 8.48. The lowest BCUT2D eigenvalue weighted by Crippen LogP contribution is -2.24. The molecule has 0 fully saturated rings. The molecule has 1 amide bonds. The number of carbonyl (C=O) groups is 3. The summed E-state index contributed by atoms with van der Waals surface area (Å²) < 4.78 is 2.94. The monoisotopic (exact) mass is 395 g/mol. The van der Waals surface area contributed by atoms with Gasteiger partial charge >= 0.3 is 11.9 Å². The maximum atomic E-state index is 12.9. The molecule has 1 aromatic heterocycles. The molecule has 0 spiro atoms. The highest BCUT2D eigenvalue weighted by atomic mass is 16.4. The molecule has 0 radical (unpaired) electrons. The van der Waals surface area contributed by atoms with Gasteiger partial charge in [0.1, 0.15) is 5.69 Å². The molecule has 0 saturated carbocycles. The van der Waals surface area contributed by atoms with Crippen molar-refractivity contribution in [2.45, 2.75) is 6.92 Å². The van der Waals surface area contributed by atoms with Crippen LogP contribution in [0.5, 0.6) is 0 Å². The van der Waals surface area contributed by atoms with Gasteiger partial charge in [0.15, 0.2) is 0 Å². The minimum Gasteiger partial charge on any atom is -0.478 e. The Hall–Kier alpha value is -4.14. The fourth-order valence-electron chi connectivity index (χ4n) is 2.95. The third kappa shape index (κ3) is 3.53. The zero-order valence-corrected chi connectivity index (χ0v) is 15.5. The Kier molecular flexibility index (Phi) is 5.05. The second-order valence-corrected chi connectivity index (χ2v) is 6.26. The maximum Gasteiger partial charge on any atom is 0.336 e. The van der Waals surface area contributed by atoms with Gasteiger partial charge in [0.05, 0.1) is 28.1 Å². The van der Waals surface area contributed by atoms with E-state index in [-0.39, 0.29) is 16.8 Å². The highest BCUT2D eigenvalue weighted by Gasteiger charge is 2.23. The van der Waals surface area contributed by atoms with Crippen molar-refractivity contribution in [2.75, 3.05) is 5.32 Å². The van der Waals surface area contributed by atoms with Crippen molar-refractivity contribution in [1.82, 2.24) is 9.36 Å². The van der Waals surface area contributed by atoms with Gasteiger partial charge in [0.25, 0.3) is 11.5 Å². The Balaban J connectivity index is 2.04. The summed E-state index contributed by atoms with van der Waals surface area (Å²) in [5.74, 6) is -3.60. The molecule has 0 unspecified atom stereocenters. The highest BCUT2D eigenvalue weighted by Crippen LogP contribution is 2.18. The van der Waals surface area contributed by atoms with Crippen molar-refractivity contribution in [3.05, 3.63) is 81.3 Å².